The highest BCUT2D eigenvalue weighted by Crippen LogP contribution is 2.17. The summed E-state index contributed by atoms with van der Waals surface area (Å²) in [5.74, 6) is -0.516. The van der Waals surface area contributed by atoms with Crippen LogP contribution >= 0.6 is 11.6 Å². The van der Waals surface area contributed by atoms with E-state index in [1.165, 1.54) is 6.26 Å². The van der Waals surface area contributed by atoms with Crippen LogP contribution in [0.5, 0.6) is 0 Å². The maximum atomic E-state index is 12.0. The molecule has 0 aliphatic rings. The maximum absolute atomic E-state index is 12.0. The number of imide groups is 1. The van der Waals surface area contributed by atoms with Gasteiger partial charge in [0.2, 0.25) is 0 Å². The Morgan fingerprint density at radius 3 is 2.73 bits per heavy atom. The van der Waals surface area contributed by atoms with Gasteiger partial charge in [0.1, 0.15) is 5.58 Å². The fourth-order valence-corrected chi connectivity index (χ4v) is 2.19. The molecule has 3 rings (SSSR count). The van der Waals surface area contributed by atoms with Crippen LogP contribution in [0.1, 0.15) is 10.4 Å². The Morgan fingerprint density at radius 2 is 1.91 bits per heavy atom. The van der Waals surface area contributed by atoms with Crippen LogP contribution in [0.3, 0.4) is 0 Å². The zero-order valence-corrected chi connectivity index (χ0v) is 12.1. The number of carbonyl (C=O) groups excluding carboxylic acids is 2. The molecule has 0 aliphatic heterocycles. The highest BCUT2D eigenvalue weighted by molar-refractivity contribution is 6.30. The SMILES string of the molecule is O=C(NC(=O)c1ccc2ccoc2c1)Nc1cccc(Cl)c1. The van der Waals surface area contributed by atoms with E-state index in [1.54, 1.807) is 48.5 Å². The molecule has 110 valence electrons. The second kappa shape index (κ2) is 5.91. The lowest BCUT2D eigenvalue weighted by Gasteiger charge is -2.07. The van der Waals surface area contributed by atoms with Gasteiger partial charge in [0.25, 0.3) is 5.91 Å². The van der Waals surface area contributed by atoms with Gasteiger partial charge in [0.15, 0.2) is 0 Å². The van der Waals surface area contributed by atoms with E-state index in [9.17, 15) is 9.59 Å². The van der Waals surface area contributed by atoms with E-state index in [4.69, 9.17) is 16.0 Å². The number of benzene rings is 2. The first kappa shape index (κ1) is 14.2. The average molecular weight is 315 g/mol. The largest absolute Gasteiger partial charge is 0.464 e. The first-order valence-corrected chi connectivity index (χ1v) is 6.85. The van der Waals surface area contributed by atoms with Gasteiger partial charge in [0, 0.05) is 21.7 Å². The monoisotopic (exact) mass is 314 g/mol. The number of carbonyl (C=O) groups is 2. The molecule has 1 heterocycles. The van der Waals surface area contributed by atoms with Gasteiger partial charge < -0.3 is 9.73 Å². The molecule has 5 nitrogen and oxygen atoms in total. The molecule has 2 N–H and O–H groups in total. The van der Waals surface area contributed by atoms with Crippen molar-refractivity contribution < 1.29 is 14.0 Å². The molecule has 6 heteroatoms. The fraction of sp³-hybridized carbons (Fsp3) is 0. The third-order valence-electron chi connectivity index (χ3n) is 3.03. The number of hydrogen-bond donors (Lipinski definition) is 2. The lowest BCUT2D eigenvalue weighted by atomic mass is 10.1. The van der Waals surface area contributed by atoms with Crippen molar-refractivity contribution in [3.8, 4) is 0 Å². The topological polar surface area (TPSA) is 71.3 Å². The van der Waals surface area contributed by atoms with Crippen molar-refractivity contribution in [1.82, 2.24) is 5.32 Å². The summed E-state index contributed by atoms with van der Waals surface area (Å²) in [6.07, 6.45) is 1.54. The molecule has 22 heavy (non-hydrogen) atoms. The standard InChI is InChI=1S/C16H11ClN2O3/c17-12-2-1-3-13(9-12)18-16(21)19-15(20)11-5-4-10-6-7-22-14(10)8-11/h1-9H,(H2,18,19,20,21). The maximum Gasteiger partial charge on any atom is 0.326 e. The summed E-state index contributed by atoms with van der Waals surface area (Å²) >= 11 is 5.83. The summed E-state index contributed by atoms with van der Waals surface area (Å²) in [4.78, 5) is 23.8. The Kier molecular flexibility index (Phi) is 3.80. The molecule has 0 atom stereocenters. The van der Waals surface area contributed by atoms with Gasteiger partial charge in [-0.1, -0.05) is 23.7 Å². The number of amides is 3. The molecular formula is C16H11ClN2O3. The Hall–Kier alpha value is -2.79. The number of furan rings is 1. The molecule has 0 bridgehead atoms. The molecule has 3 aromatic rings. The number of nitrogens with one attached hydrogen (secondary N) is 2. The lowest BCUT2D eigenvalue weighted by molar-refractivity contribution is 0.0967. The molecule has 0 fully saturated rings. The van der Waals surface area contributed by atoms with Crippen LogP contribution in [0.2, 0.25) is 5.02 Å². The van der Waals surface area contributed by atoms with Crippen molar-refractivity contribution >= 4 is 40.2 Å². The van der Waals surface area contributed by atoms with Gasteiger partial charge >= 0.3 is 6.03 Å². The molecule has 2 aromatic carbocycles. The van der Waals surface area contributed by atoms with E-state index < -0.39 is 11.9 Å². The van der Waals surface area contributed by atoms with E-state index in [2.05, 4.69) is 10.6 Å². The van der Waals surface area contributed by atoms with Gasteiger partial charge in [-0.05, 0) is 36.4 Å². The zero-order chi connectivity index (χ0) is 15.5. The molecule has 0 radical (unpaired) electrons. The predicted octanol–water partition coefficient (Wildman–Crippen LogP) is 4.05. The molecule has 1 aromatic heterocycles. The second-order valence-electron chi connectivity index (χ2n) is 4.59. The summed E-state index contributed by atoms with van der Waals surface area (Å²) in [5, 5.41) is 6.17. The first-order valence-electron chi connectivity index (χ1n) is 6.47. The van der Waals surface area contributed by atoms with Gasteiger partial charge in [-0.25, -0.2) is 4.79 Å². The molecule has 0 saturated heterocycles. The van der Waals surface area contributed by atoms with Gasteiger partial charge in [-0.2, -0.15) is 0 Å². The summed E-state index contributed by atoms with van der Waals surface area (Å²) in [6, 6.07) is 12.8. The van der Waals surface area contributed by atoms with Crippen LogP contribution in [0.15, 0.2) is 59.2 Å². The fourth-order valence-electron chi connectivity index (χ4n) is 2.00. The van der Waals surface area contributed by atoms with Crippen LogP contribution in [-0.2, 0) is 0 Å². The van der Waals surface area contributed by atoms with Crippen molar-refractivity contribution in [3.63, 3.8) is 0 Å². The second-order valence-corrected chi connectivity index (χ2v) is 5.03. The minimum Gasteiger partial charge on any atom is -0.464 e. The Morgan fingerprint density at radius 1 is 1.05 bits per heavy atom. The smallest absolute Gasteiger partial charge is 0.326 e. The minimum absolute atomic E-state index is 0.337. The Balaban J connectivity index is 1.69. The van der Waals surface area contributed by atoms with E-state index in [-0.39, 0.29) is 0 Å². The van der Waals surface area contributed by atoms with E-state index >= 15 is 0 Å². The number of halogens is 1. The molecule has 0 saturated carbocycles. The first-order chi connectivity index (χ1) is 10.6. The highest BCUT2D eigenvalue weighted by atomic mass is 35.5. The van der Waals surface area contributed by atoms with Crippen molar-refractivity contribution in [1.29, 1.82) is 0 Å². The van der Waals surface area contributed by atoms with Crippen molar-refractivity contribution in [2.24, 2.45) is 0 Å². The predicted molar refractivity (Wildman–Crippen MR) is 84.2 cm³/mol. The van der Waals surface area contributed by atoms with Crippen molar-refractivity contribution in [2.75, 3.05) is 5.32 Å². The molecule has 0 spiro atoms. The summed E-state index contributed by atoms with van der Waals surface area (Å²) in [7, 11) is 0. The van der Waals surface area contributed by atoms with Crippen LogP contribution in [0.25, 0.3) is 11.0 Å². The molecule has 0 aliphatic carbocycles. The summed E-state index contributed by atoms with van der Waals surface area (Å²) in [6.45, 7) is 0. The summed E-state index contributed by atoms with van der Waals surface area (Å²) < 4.78 is 5.23. The normalized spacial score (nSPS) is 10.4. The van der Waals surface area contributed by atoms with Gasteiger partial charge in [0.05, 0.1) is 6.26 Å². The van der Waals surface area contributed by atoms with E-state index in [0.717, 1.165) is 5.39 Å². The lowest BCUT2D eigenvalue weighted by Crippen LogP contribution is -2.34. The van der Waals surface area contributed by atoms with E-state index in [1.807, 2.05) is 0 Å². The third-order valence-corrected chi connectivity index (χ3v) is 3.26. The molecule has 3 amide bonds. The van der Waals surface area contributed by atoms with Crippen LogP contribution < -0.4 is 10.6 Å². The van der Waals surface area contributed by atoms with Crippen molar-refractivity contribution in [2.45, 2.75) is 0 Å². The third kappa shape index (κ3) is 3.10. The zero-order valence-electron chi connectivity index (χ0n) is 11.3. The van der Waals surface area contributed by atoms with Crippen molar-refractivity contribution in [3.05, 3.63) is 65.4 Å². The number of urea groups is 1. The highest BCUT2D eigenvalue weighted by Gasteiger charge is 2.11. The number of hydrogen-bond acceptors (Lipinski definition) is 3. The van der Waals surface area contributed by atoms with Crippen LogP contribution in [0.4, 0.5) is 10.5 Å². The van der Waals surface area contributed by atoms with Crippen LogP contribution in [-0.4, -0.2) is 11.9 Å². The Bertz CT molecular complexity index is 857. The summed E-state index contributed by atoms with van der Waals surface area (Å²) in [5.41, 5.74) is 1.42. The average Bonchev–Trinajstić information content (AvgIpc) is 2.94. The minimum atomic E-state index is -0.633. The molecule has 0 unspecified atom stereocenters. The quantitative estimate of drug-likeness (QED) is 0.749. The van der Waals surface area contributed by atoms with E-state index in [0.29, 0.717) is 21.9 Å². The number of anilines is 1. The molecular weight excluding hydrogens is 304 g/mol. The van der Waals surface area contributed by atoms with Gasteiger partial charge in [-0.3, -0.25) is 10.1 Å². The Labute approximate surface area is 130 Å². The van der Waals surface area contributed by atoms with Crippen LogP contribution in [0, 0.1) is 0 Å². The number of fused-ring (bicyclic) bond motifs is 1. The van der Waals surface area contributed by atoms with Gasteiger partial charge in [-0.15, -0.1) is 0 Å². The number of rotatable bonds is 2.